The Bertz CT molecular complexity index is 758. The van der Waals surface area contributed by atoms with Crippen molar-refractivity contribution in [3.63, 3.8) is 0 Å². The molecule has 0 aromatic heterocycles. The van der Waals surface area contributed by atoms with Gasteiger partial charge < -0.3 is 24.6 Å². The number of rotatable bonds is 5. The van der Waals surface area contributed by atoms with E-state index in [9.17, 15) is 14.4 Å². The second-order valence-corrected chi connectivity index (χ2v) is 7.35. The van der Waals surface area contributed by atoms with Crippen molar-refractivity contribution in [2.75, 3.05) is 50.2 Å². The van der Waals surface area contributed by atoms with Gasteiger partial charge in [-0.3, -0.25) is 9.59 Å². The standard InChI is InChI=1S/C20H27N3O5/c1-13(2)23-12-14(10-18(23)24)19(25)21-17-5-4-15(11-16(17)20(26)27-3)22-6-8-28-9-7-22/h4-5,11,13-14H,6-10,12H2,1-3H3,(H,21,25). The van der Waals surface area contributed by atoms with E-state index in [1.54, 1.807) is 17.0 Å². The van der Waals surface area contributed by atoms with E-state index in [-0.39, 0.29) is 24.3 Å². The Morgan fingerprint density at radius 2 is 1.96 bits per heavy atom. The quantitative estimate of drug-likeness (QED) is 0.768. The van der Waals surface area contributed by atoms with Gasteiger partial charge in [-0.05, 0) is 32.0 Å². The SMILES string of the molecule is COC(=O)c1cc(N2CCOCC2)ccc1NC(=O)C1CC(=O)N(C(C)C)C1. The lowest BCUT2D eigenvalue weighted by molar-refractivity contribution is -0.129. The summed E-state index contributed by atoms with van der Waals surface area (Å²) in [5, 5.41) is 2.82. The molecule has 0 aliphatic carbocycles. The predicted molar refractivity (Wildman–Crippen MR) is 104 cm³/mol. The number of likely N-dealkylation sites (tertiary alicyclic amines) is 1. The fraction of sp³-hybridized carbons (Fsp3) is 0.550. The topological polar surface area (TPSA) is 88.2 Å². The molecule has 2 amide bonds. The van der Waals surface area contributed by atoms with Crippen LogP contribution in [0.25, 0.3) is 0 Å². The molecule has 8 nitrogen and oxygen atoms in total. The molecule has 8 heteroatoms. The molecular formula is C20H27N3O5. The number of nitrogens with one attached hydrogen (secondary N) is 1. The first-order valence-corrected chi connectivity index (χ1v) is 9.56. The van der Waals surface area contributed by atoms with Gasteiger partial charge >= 0.3 is 5.97 Å². The Balaban J connectivity index is 1.78. The first-order valence-electron chi connectivity index (χ1n) is 9.56. The number of anilines is 2. The summed E-state index contributed by atoms with van der Waals surface area (Å²) in [6.45, 7) is 6.99. The molecule has 1 unspecified atom stereocenters. The summed E-state index contributed by atoms with van der Waals surface area (Å²) in [5.74, 6) is -1.23. The molecule has 0 spiro atoms. The van der Waals surface area contributed by atoms with Crippen molar-refractivity contribution >= 4 is 29.2 Å². The molecule has 1 aromatic rings. The Morgan fingerprint density at radius 1 is 1.25 bits per heavy atom. The Kier molecular flexibility index (Phi) is 6.18. The summed E-state index contributed by atoms with van der Waals surface area (Å²) >= 11 is 0. The largest absolute Gasteiger partial charge is 0.465 e. The van der Waals surface area contributed by atoms with E-state index in [1.165, 1.54) is 7.11 Å². The van der Waals surface area contributed by atoms with E-state index < -0.39 is 11.9 Å². The lowest BCUT2D eigenvalue weighted by Gasteiger charge is -2.29. The van der Waals surface area contributed by atoms with Crippen molar-refractivity contribution < 1.29 is 23.9 Å². The highest BCUT2D eigenvalue weighted by atomic mass is 16.5. The summed E-state index contributed by atoms with van der Waals surface area (Å²) in [5.41, 5.74) is 1.57. The van der Waals surface area contributed by atoms with Crippen LogP contribution in [0.15, 0.2) is 18.2 Å². The highest BCUT2D eigenvalue weighted by Crippen LogP contribution is 2.27. The fourth-order valence-electron chi connectivity index (χ4n) is 3.58. The van der Waals surface area contributed by atoms with Crippen LogP contribution >= 0.6 is 0 Å². The van der Waals surface area contributed by atoms with Gasteiger partial charge in [-0.2, -0.15) is 0 Å². The molecule has 0 bridgehead atoms. The molecule has 2 heterocycles. The van der Waals surface area contributed by atoms with Crippen LogP contribution in [0.2, 0.25) is 0 Å². The molecule has 0 radical (unpaired) electrons. The van der Waals surface area contributed by atoms with Gasteiger partial charge in [0.15, 0.2) is 0 Å². The molecule has 152 valence electrons. The van der Waals surface area contributed by atoms with Crippen molar-refractivity contribution in [2.24, 2.45) is 5.92 Å². The number of hydrogen-bond donors (Lipinski definition) is 1. The lowest BCUT2D eigenvalue weighted by atomic mass is 10.1. The number of morpholine rings is 1. The number of carbonyl (C=O) groups is 3. The highest BCUT2D eigenvalue weighted by Gasteiger charge is 2.35. The van der Waals surface area contributed by atoms with Crippen LogP contribution < -0.4 is 10.2 Å². The number of benzene rings is 1. The smallest absolute Gasteiger partial charge is 0.340 e. The van der Waals surface area contributed by atoms with Crippen molar-refractivity contribution in [1.29, 1.82) is 0 Å². The molecule has 28 heavy (non-hydrogen) atoms. The van der Waals surface area contributed by atoms with Crippen LogP contribution in [0.1, 0.15) is 30.6 Å². The monoisotopic (exact) mass is 389 g/mol. The van der Waals surface area contributed by atoms with Gasteiger partial charge in [0.05, 0.1) is 37.5 Å². The summed E-state index contributed by atoms with van der Waals surface area (Å²) in [7, 11) is 1.31. The van der Waals surface area contributed by atoms with Gasteiger partial charge in [-0.1, -0.05) is 0 Å². The minimum atomic E-state index is -0.517. The Morgan fingerprint density at radius 3 is 2.57 bits per heavy atom. The van der Waals surface area contributed by atoms with Gasteiger partial charge in [0, 0.05) is 37.8 Å². The number of carbonyl (C=O) groups excluding carboxylic acids is 3. The summed E-state index contributed by atoms with van der Waals surface area (Å²) < 4.78 is 10.3. The first kappa shape index (κ1) is 20.1. The molecule has 3 rings (SSSR count). The third-order valence-corrected chi connectivity index (χ3v) is 5.20. The van der Waals surface area contributed by atoms with Crippen molar-refractivity contribution in [1.82, 2.24) is 4.90 Å². The number of nitrogens with zero attached hydrogens (tertiary/aromatic N) is 2. The lowest BCUT2D eigenvalue weighted by Crippen LogP contribution is -2.36. The molecule has 1 N–H and O–H groups in total. The zero-order valence-corrected chi connectivity index (χ0v) is 16.6. The van der Waals surface area contributed by atoms with Gasteiger partial charge in [-0.15, -0.1) is 0 Å². The molecular weight excluding hydrogens is 362 g/mol. The molecule has 2 saturated heterocycles. The van der Waals surface area contributed by atoms with E-state index in [0.29, 0.717) is 31.0 Å². The van der Waals surface area contributed by atoms with E-state index in [4.69, 9.17) is 9.47 Å². The zero-order valence-electron chi connectivity index (χ0n) is 16.6. The second kappa shape index (κ2) is 8.60. The van der Waals surface area contributed by atoms with Crippen LogP contribution in [-0.2, 0) is 19.1 Å². The van der Waals surface area contributed by atoms with Crippen molar-refractivity contribution in [2.45, 2.75) is 26.3 Å². The highest BCUT2D eigenvalue weighted by molar-refractivity contribution is 6.04. The summed E-state index contributed by atoms with van der Waals surface area (Å²) in [4.78, 5) is 40.9. The van der Waals surface area contributed by atoms with Crippen LogP contribution in [0.5, 0.6) is 0 Å². The van der Waals surface area contributed by atoms with E-state index in [2.05, 4.69) is 10.2 Å². The number of methoxy groups -OCH3 is 1. The Labute approximate surface area is 164 Å². The minimum Gasteiger partial charge on any atom is -0.465 e. The van der Waals surface area contributed by atoms with E-state index >= 15 is 0 Å². The average molecular weight is 389 g/mol. The molecule has 1 aromatic carbocycles. The van der Waals surface area contributed by atoms with Crippen molar-refractivity contribution in [3.8, 4) is 0 Å². The Hall–Kier alpha value is -2.61. The van der Waals surface area contributed by atoms with Crippen LogP contribution in [-0.4, -0.2) is 68.7 Å². The number of hydrogen-bond acceptors (Lipinski definition) is 6. The van der Waals surface area contributed by atoms with Gasteiger partial charge in [0.2, 0.25) is 11.8 Å². The zero-order chi connectivity index (χ0) is 20.3. The van der Waals surface area contributed by atoms with Crippen LogP contribution in [0.3, 0.4) is 0 Å². The maximum Gasteiger partial charge on any atom is 0.340 e. The fourth-order valence-corrected chi connectivity index (χ4v) is 3.58. The normalized spacial score (nSPS) is 19.9. The van der Waals surface area contributed by atoms with Gasteiger partial charge in [0.25, 0.3) is 0 Å². The maximum absolute atomic E-state index is 12.7. The first-order chi connectivity index (χ1) is 13.4. The van der Waals surface area contributed by atoms with Crippen LogP contribution in [0, 0.1) is 5.92 Å². The molecule has 1 atom stereocenters. The third kappa shape index (κ3) is 4.27. The minimum absolute atomic E-state index is 0.0222. The van der Waals surface area contributed by atoms with Crippen molar-refractivity contribution in [3.05, 3.63) is 23.8 Å². The van der Waals surface area contributed by atoms with Crippen LogP contribution in [0.4, 0.5) is 11.4 Å². The molecule has 2 fully saturated rings. The third-order valence-electron chi connectivity index (χ3n) is 5.20. The average Bonchev–Trinajstić information content (AvgIpc) is 3.10. The molecule has 0 saturated carbocycles. The molecule has 2 aliphatic rings. The van der Waals surface area contributed by atoms with Gasteiger partial charge in [0.1, 0.15) is 0 Å². The summed E-state index contributed by atoms with van der Waals surface area (Å²) in [6.07, 6.45) is 0.184. The number of esters is 1. The maximum atomic E-state index is 12.7. The predicted octanol–water partition coefficient (Wildman–Crippen LogP) is 1.51. The van der Waals surface area contributed by atoms with E-state index in [1.807, 2.05) is 19.9 Å². The molecule has 2 aliphatic heterocycles. The van der Waals surface area contributed by atoms with Gasteiger partial charge in [-0.25, -0.2) is 4.79 Å². The second-order valence-electron chi connectivity index (χ2n) is 7.35. The summed E-state index contributed by atoms with van der Waals surface area (Å²) in [6, 6.07) is 5.37. The number of amides is 2. The van der Waals surface area contributed by atoms with E-state index in [0.717, 1.165) is 18.8 Å². The number of ether oxygens (including phenoxy) is 2.